The summed E-state index contributed by atoms with van der Waals surface area (Å²) < 4.78 is 63.9. The van der Waals surface area contributed by atoms with Crippen molar-refractivity contribution in [2.45, 2.75) is 10.4 Å². The summed E-state index contributed by atoms with van der Waals surface area (Å²) >= 11 is 0.0320. The monoisotopic (exact) mass is 372 g/mol. The number of nitrogens with zero attached hydrogens (tertiary/aromatic N) is 2. The largest absolute Gasteiger partial charge is 0.443 e. The highest BCUT2D eigenvalue weighted by molar-refractivity contribution is 7.94. The Morgan fingerprint density at radius 3 is 2.71 bits per heavy atom. The van der Waals surface area contributed by atoms with Crippen LogP contribution in [0.2, 0.25) is 0 Å². The van der Waals surface area contributed by atoms with E-state index in [4.69, 9.17) is 5.26 Å². The fraction of sp³-hybridized carbons (Fsp3) is 0.0769. The van der Waals surface area contributed by atoms with Crippen molar-refractivity contribution >= 4 is 38.0 Å². The van der Waals surface area contributed by atoms with Gasteiger partial charge in [-0.15, -0.1) is 0 Å². The molecule has 24 heavy (non-hydrogen) atoms. The molecule has 0 fully saturated rings. The van der Waals surface area contributed by atoms with E-state index in [9.17, 15) is 21.6 Å². The number of aromatic nitrogens is 2. The van der Waals surface area contributed by atoms with Crippen LogP contribution in [0.3, 0.4) is 0 Å². The fourth-order valence-electron chi connectivity index (χ4n) is 2.04. The number of rotatable bonds is 3. The number of aromatic amines is 1. The lowest BCUT2D eigenvalue weighted by Crippen LogP contribution is -2.11. The van der Waals surface area contributed by atoms with Gasteiger partial charge in [0.05, 0.1) is 23.0 Å². The van der Waals surface area contributed by atoms with E-state index in [1.54, 1.807) is 6.07 Å². The van der Waals surface area contributed by atoms with Crippen LogP contribution < -0.4 is 4.72 Å². The van der Waals surface area contributed by atoms with Crippen molar-refractivity contribution in [3.05, 3.63) is 41.2 Å². The number of hydrogen-bond acceptors (Lipinski definition) is 5. The third-order valence-corrected chi connectivity index (χ3v) is 5.94. The molecule has 1 aromatic carbocycles. The summed E-state index contributed by atoms with van der Waals surface area (Å²) in [5, 5.41) is 8.24. The molecule has 0 bridgehead atoms. The molecular formula is C13H7F3N4O2S2. The third kappa shape index (κ3) is 2.81. The van der Waals surface area contributed by atoms with Crippen molar-refractivity contribution in [1.29, 1.82) is 5.26 Å². The van der Waals surface area contributed by atoms with Gasteiger partial charge in [0.2, 0.25) is 0 Å². The first kappa shape index (κ1) is 16.3. The Hall–Kier alpha value is -2.58. The Bertz CT molecular complexity index is 1060. The third-order valence-electron chi connectivity index (χ3n) is 3.07. The molecule has 0 aliphatic rings. The summed E-state index contributed by atoms with van der Waals surface area (Å²) in [5.74, 6) is 0. The number of hydrogen-bond donors (Lipinski definition) is 2. The van der Waals surface area contributed by atoms with Crippen molar-refractivity contribution in [2.75, 3.05) is 4.72 Å². The van der Waals surface area contributed by atoms with E-state index in [1.165, 1.54) is 18.3 Å². The highest BCUT2D eigenvalue weighted by atomic mass is 32.2. The number of para-hydroxylation sites is 1. The molecule has 0 saturated heterocycles. The molecule has 0 radical (unpaired) electrons. The quantitative estimate of drug-likeness (QED) is 0.737. The zero-order valence-electron chi connectivity index (χ0n) is 11.5. The van der Waals surface area contributed by atoms with Crippen molar-refractivity contribution in [2.24, 2.45) is 0 Å². The van der Waals surface area contributed by atoms with Crippen LogP contribution in [0, 0.1) is 11.3 Å². The van der Waals surface area contributed by atoms with Crippen LogP contribution in [0.25, 0.3) is 10.9 Å². The van der Waals surface area contributed by atoms with E-state index in [0.717, 1.165) is 0 Å². The SMILES string of the molecule is N#Cc1c[nH]c2c(NS(=O)(=O)c3cnc(C(F)(F)F)s3)cccc12. The van der Waals surface area contributed by atoms with Gasteiger partial charge in [-0.05, 0) is 6.07 Å². The maximum atomic E-state index is 12.6. The number of H-pyrrole nitrogens is 1. The maximum Gasteiger partial charge on any atom is 0.443 e. The van der Waals surface area contributed by atoms with Gasteiger partial charge in [0.1, 0.15) is 6.07 Å². The smallest absolute Gasteiger partial charge is 0.358 e. The zero-order chi connectivity index (χ0) is 17.5. The van der Waals surface area contributed by atoms with E-state index in [2.05, 4.69) is 14.7 Å². The number of sulfonamides is 1. The molecule has 0 aliphatic carbocycles. The van der Waals surface area contributed by atoms with Crippen molar-refractivity contribution in [1.82, 2.24) is 9.97 Å². The molecule has 0 unspecified atom stereocenters. The fourth-order valence-corrected chi connectivity index (χ4v) is 4.11. The topological polar surface area (TPSA) is 98.6 Å². The van der Waals surface area contributed by atoms with Gasteiger partial charge in [-0.25, -0.2) is 13.4 Å². The molecule has 6 nitrogen and oxygen atoms in total. The first-order valence-corrected chi connectivity index (χ1v) is 8.58. The van der Waals surface area contributed by atoms with Crippen LogP contribution >= 0.6 is 11.3 Å². The van der Waals surface area contributed by atoms with E-state index in [-0.39, 0.29) is 17.0 Å². The lowest BCUT2D eigenvalue weighted by Gasteiger charge is -2.07. The lowest BCUT2D eigenvalue weighted by molar-refractivity contribution is -0.137. The molecule has 2 aromatic heterocycles. The molecule has 11 heteroatoms. The summed E-state index contributed by atoms with van der Waals surface area (Å²) in [5.41, 5.74) is 0.803. The molecule has 2 N–H and O–H groups in total. The van der Waals surface area contributed by atoms with Crippen LogP contribution in [0.15, 0.2) is 34.8 Å². The number of fused-ring (bicyclic) bond motifs is 1. The van der Waals surface area contributed by atoms with Crippen molar-refractivity contribution in [3.63, 3.8) is 0 Å². The second-order valence-corrected chi connectivity index (χ2v) is 7.57. The number of nitrogens with one attached hydrogen (secondary N) is 2. The summed E-state index contributed by atoms with van der Waals surface area (Å²) in [7, 11) is -4.24. The minimum absolute atomic E-state index is 0.0320. The Morgan fingerprint density at radius 2 is 2.08 bits per heavy atom. The van der Waals surface area contributed by atoms with E-state index in [1.807, 2.05) is 6.07 Å². The van der Waals surface area contributed by atoms with Gasteiger partial charge in [-0.1, -0.05) is 23.5 Å². The summed E-state index contributed by atoms with van der Waals surface area (Å²) in [6, 6.07) is 6.54. The Balaban J connectivity index is 2.00. The van der Waals surface area contributed by atoms with E-state index < -0.39 is 25.4 Å². The molecule has 0 saturated carbocycles. The predicted octanol–water partition coefficient (Wildman–Crippen LogP) is 3.32. The molecule has 3 rings (SSSR count). The number of anilines is 1. The van der Waals surface area contributed by atoms with Crippen LogP contribution in [-0.2, 0) is 16.2 Å². The van der Waals surface area contributed by atoms with Gasteiger partial charge in [0.25, 0.3) is 10.0 Å². The van der Waals surface area contributed by atoms with Gasteiger partial charge in [0, 0.05) is 11.6 Å². The highest BCUT2D eigenvalue weighted by Crippen LogP contribution is 2.35. The van der Waals surface area contributed by atoms with Crippen molar-refractivity contribution < 1.29 is 21.6 Å². The average Bonchev–Trinajstić information content (AvgIpc) is 3.14. The van der Waals surface area contributed by atoms with E-state index >= 15 is 0 Å². The van der Waals surface area contributed by atoms with Crippen LogP contribution in [0.4, 0.5) is 18.9 Å². The van der Waals surface area contributed by atoms with Gasteiger partial charge < -0.3 is 4.98 Å². The van der Waals surface area contributed by atoms with Gasteiger partial charge >= 0.3 is 6.18 Å². The Morgan fingerprint density at radius 1 is 1.33 bits per heavy atom. The second-order valence-electron chi connectivity index (χ2n) is 4.63. The molecular weight excluding hydrogens is 365 g/mol. The summed E-state index contributed by atoms with van der Waals surface area (Å²) in [4.78, 5) is 5.87. The Kier molecular flexibility index (Phi) is 3.73. The van der Waals surface area contributed by atoms with Crippen molar-refractivity contribution in [3.8, 4) is 6.07 Å². The van der Waals surface area contributed by atoms with Crippen LogP contribution in [0.5, 0.6) is 0 Å². The molecule has 0 spiro atoms. The lowest BCUT2D eigenvalue weighted by atomic mass is 10.2. The minimum atomic E-state index is -4.71. The van der Waals surface area contributed by atoms with Crippen LogP contribution in [0.1, 0.15) is 10.6 Å². The molecule has 0 atom stereocenters. The number of halogens is 3. The van der Waals surface area contributed by atoms with E-state index in [0.29, 0.717) is 22.7 Å². The van der Waals surface area contributed by atoms with Crippen LogP contribution in [-0.4, -0.2) is 18.4 Å². The second kappa shape index (κ2) is 5.50. The van der Waals surface area contributed by atoms with Gasteiger partial charge in [-0.3, -0.25) is 4.72 Å². The molecule has 124 valence electrons. The summed E-state index contributed by atoms with van der Waals surface area (Å²) in [6.45, 7) is 0. The average molecular weight is 372 g/mol. The number of nitriles is 1. The number of alkyl halides is 3. The zero-order valence-corrected chi connectivity index (χ0v) is 13.2. The maximum absolute atomic E-state index is 12.6. The molecule has 2 heterocycles. The number of benzene rings is 1. The first-order valence-electron chi connectivity index (χ1n) is 6.28. The standard InChI is InChI=1S/C13H7F3N4O2S2/c14-13(15,16)12-19-6-10(23-12)24(21,22)20-9-3-1-2-8-7(4-17)5-18-11(8)9/h1-3,5-6,18,20H. The number of thiazole rings is 1. The minimum Gasteiger partial charge on any atom is -0.358 e. The molecule has 0 amide bonds. The summed E-state index contributed by atoms with van der Waals surface area (Å²) in [6.07, 6.45) is -2.64. The molecule has 3 aromatic rings. The normalized spacial score (nSPS) is 12.2. The van der Waals surface area contributed by atoms with Gasteiger partial charge in [-0.2, -0.15) is 18.4 Å². The molecule has 0 aliphatic heterocycles. The Labute approximate surface area is 137 Å². The predicted molar refractivity (Wildman–Crippen MR) is 80.9 cm³/mol. The highest BCUT2D eigenvalue weighted by Gasteiger charge is 2.36. The first-order chi connectivity index (χ1) is 11.2. The van der Waals surface area contributed by atoms with Gasteiger partial charge in [0.15, 0.2) is 9.22 Å².